The monoisotopic (exact) mass is 544 g/mol. The molecule has 196 valence electrons. The fourth-order valence-electron chi connectivity index (χ4n) is 8.11. The van der Waals surface area contributed by atoms with E-state index in [9.17, 15) is 20.2 Å². The van der Waals surface area contributed by atoms with Crippen molar-refractivity contribution in [2.75, 3.05) is 20.1 Å². The van der Waals surface area contributed by atoms with Crippen LogP contribution < -0.4 is 4.74 Å². The number of benzene rings is 2. The van der Waals surface area contributed by atoms with Crippen molar-refractivity contribution in [1.29, 1.82) is 0 Å². The van der Waals surface area contributed by atoms with Gasteiger partial charge in [0.1, 0.15) is 17.7 Å². The molecule has 5 aliphatic rings. The van der Waals surface area contributed by atoms with Crippen LogP contribution in [0.15, 0.2) is 30.3 Å². The second kappa shape index (κ2) is 7.76. The fraction of sp³-hybridized carbons (Fsp3) is 0.536. The Hall–Kier alpha value is -2.03. The number of carbonyl (C=O) groups excluding carboxylic acids is 1. The van der Waals surface area contributed by atoms with Gasteiger partial charge in [0, 0.05) is 36.9 Å². The van der Waals surface area contributed by atoms with E-state index in [1.54, 1.807) is 36.2 Å². The van der Waals surface area contributed by atoms with Gasteiger partial charge in [-0.1, -0.05) is 29.3 Å². The van der Waals surface area contributed by atoms with E-state index in [1.165, 1.54) is 0 Å². The molecule has 1 saturated heterocycles. The number of phenols is 1. The van der Waals surface area contributed by atoms with E-state index in [-0.39, 0.29) is 22.3 Å². The summed E-state index contributed by atoms with van der Waals surface area (Å²) in [5, 5.41) is 38.4. The SMILES string of the molecule is CN(C(=O)c1ccc(Cl)c(Cl)c1)[C@@H]1CC[C@@]2(O)[C@H]3Cc4ccc(O)c5c4C2(CC[N+]3([O-])CC2CC2)[C@H]1O5. The summed E-state index contributed by atoms with van der Waals surface area (Å²) < 4.78 is 6.17. The quantitative estimate of drug-likeness (QED) is 0.439. The van der Waals surface area contributed by atoms with Crippen LogP contribution in [0.3, 0.4) is 0 Å². The molecule has 3 aliphatic carbocycles. The number of likely N-dealkylation sites (N-methyl/N-ethyl adjacent to an activating group) is 1. The summed E-state index contributed by atoms with van der Waals surface area (Å²) in [6, 6.07) is 7.47. The Morgan fingerprint density at radius 1 is 1.19 bits per heavy atom. The van der Waals surface area contributed by atoms with Crippen molar-refractivity contribution in [3.8, 4) is 11.5 Å². The molecule has 7 rings (SSSR count). The average Bonchev–Trinajstić information content (AvgIpc) is 3.60. The average molecular weight is 545 g/mol. The maximum atomic E-state index is 14.3. The summed E-state index contributed by atoms with van der Waals surface area (Å²) in [7, 11) is 1.74. The molecule has 2 bridgehead atoms. The van der Waals surface area contributed by atoms with Gasteiger partial charge in [0.25, 0.3) is 5.91 Å². The van der Waals surface area contributed by atoms with Crippen LogP contribution in [0, 0.1) is 11.1 Å². The molecule has 2 heterocycles. The fourth-order valence-corrected chi connectivity index (χ4v) is 8.41. The normalized spacial score (nSPS) is 37.1. The third kappa shape index (κ3) is 3.09. The van der Waals surface area contributed by atoms with Crippen molar-refractivity contribution >= 4 is 29.1 Å². The van der Waals surface area contributed by atoms with Gasteiger partial charge in [0.2, 0.25) is 0 Å². The number of nitrogens with zero attached hydrogens (tertiary/aromatic N) is 2. The summed E-state index contributed by atoms with van der Waals surface area (Å²) in [6.07, 6.45) is 3.39. The number of likely N-dealkylation sites (tertiary alicyclic amines) is 1. The Morgan fingerprint density at radius 3 is 2.70 bits per heavy atom. The number of amides is 1. The molecule has 2 N–H and O–H groups in total. The van der Waals surface area contributed by atoms with Crippen molar-refractivity contribution in [2.24, 2.45) is 5.92 Å². The molecule has 2 unspecified atom stereocenters. The standard InChI is InChI=1S/C28H30Cl2N2O5/c1-31(26(34)17-4-6-18(29)19(30)12-17)20-8-9-28(35)22-13-16-5-7-21(33)24-23(16)27(28,25(20)37-24)10-11-32(22,36)14-15-2-3-15/h4-7,12,15,20,22,25,33,35H,2-3,8-11,13-14H2,1H3/t20-,22-,25+,27?,28-,32?/m1/s1. The van der Waals surface area contributed by atoms with E-state index in [0.717, 1.165) is 24.0 Å². The van der Waals surface area contributed by atoms with E-state index < -0.39 is 23.2 Å². The highest BCUT2D eigenvalue weighted by atomic mass is 35.5. The van der Waals surface area contributed by atoms with Gasteiger partial charge in [-0.05, 0) is 55.5 Å². The van der Waals surface area contributed by atoms with E-state index >= 15 is 0 Å². The molecular weight excluding hydrogens is 515 g/mol. The number of aliphatic hydroxyl groups is 1. The molecule has 6 atom stereocenters. The number of carbonyl (C=O) groups is 1. The first-order chi connectivity index (χ1) is 17.6. The highest BCUT2D eigenvalue weighted by Gasteiger charge is 2.76. The number of rotatable bonds is 4. The van der Waals surface area contributed by atoms with Gasteiger partial charge >= 0.3 is 0 Å². The first-order valence-electron chi connectivity index (χ1n) is 13.1. The van der Waals surface area contributed by atoms with Crippen molar-refractivity contribution < 1.29 is 24.4 Å². The van der Waals surface area contributed by atoms with Crippen molar-refractivity contribution in [3.05, 3.63) is 62.3 Å². The third-order valence-electron chi connectivity index (χ3n) is 10.0. The number of aromatic hydroxyl groups is 1. The summed E-state index contributed by atoms with van der Waals surface area (Å²) in [4.78, 5) is 15.3. The molecule has 0 radical (unpaired) electrons. The number of hydrogen-bond donors (Lipinski definition) is 2. The van der Waals surface area contributed by atoms with Gasteiger partial charge in [-0.3, -0.25) is 4.79 Å². The molecule has 2 aromatic carbocycles. The molecule has 7 nitrogen and oxygen atoms in total. The molecule has 1 spiro atoms. The second-order valence-electron chi connectivity index (χ2n) is 11.8. The first-order valence-corrected chi connectivity index (χ1v) is 13.9. The number of ether oxygens (including phenoxy) is 1. The lowest BCUT2D eigenvalue weighted by Gasteiger charge is -2.68. The van der Waals surface area contributed by atoms with Gasteiger partial charge in [-0.15, -0.1) is 0 Å². The molecule has 2 saturated carbocycles. The molecule has 37 heavy (non-hydrogen) atoms. The number of piperidine rings is 1. The van der Waals surface area contributed by atoms with Crippen LogP contribution in [0.1, 0.15) is 53.6 Å². The van der Waals surface area contributed by atoms with Crippen LogP contribution in [0.5, 0.6) is 11.5 Å². The van der Waals surface area contributed by atoms with Gasteiger partial charge in [0.15, 0.2) is 11.5 Å². The van der Waals surface area contributed by atoms with E-state index in [2.05, 4.69) is 0 Å². The number of hydrogen-bond acceptors (Lipinski definition) is 5. The molecular formula is C28H30Cl2N2O5. The Kier molecular flexibility index (Phi) is 5.04. The van der Waals surface area contributed by atoms with Gasteiger partial charge in [-0.25, -0.2) is 0 Å². The van der Waals surface area contributed by atoms with Gasteiger partial charge in [-0.2, -0.15) is 0 Å². The van der Waals surface area contributed by atoms with Crippen LogP contribution in [0.2, 0.25) is 10.0 Å². The van der Waals surface area contributed by atoms with E-state index in [1.807, 2.05) is 6.07 Å². The zero-order valence-electron chi connectivity index (χ0n) is 20.6. The largest absolute Gasteiger partial charge is 0.632 e. The Balaban J connectivity index is 1.32. The third-order valence-corrected chi connectivity index (χ3v) is 10.7. The zero-order chi connectivity index (χ0) is 25.9. The zero-order valence-corrected chi connectivity index (χ0v) is 22.1. The highest BCUT2D eigenvalue weighted by Crippen LogP contribution is 2.67. The van der Waals surface area contributed by atoms with Gasteiger partial charge in [0.05, 0.1) is 34.6 Å². The maximum Gasteiger partial charge on any atom is 0.254 e. The molecule has 3 fully saturated rings. The first kappa shape index (κ1) is 24.0. The number of halogens is 2. The summed E-state index contributed by atoms with van der Waals surface area (Å²) in [5.74, 6) is 0.649. The van der Waals surface area contributed by atoms with Gasteiger partial charge < -0.3 is 29.7 Å². The Labute approximate surface area is 225 Å². The predicted octanol–water partition coefficient (Wildman–Crippen LogP) is 4.42. The second-order valence-corrected chi connectivity index (χ2v) is 12.6. The number of hydroxylamine groups is 3. The number of phenolic OH excluding ortho intramolecular Hbond substituents is 1. The maximum absolute atomic E-state index is 14.3. The van der Waals surface area contributed by atoms with Crippen LogP contribution >= 0.6 is 23.2 Å². The lowest BCUT2D eigenvalue weighted by molar-refractivity contribution is -0.924. The predicted molar refractivity (Wildman–Crippen MR) is 139 cm³/mol. The molecule has 2 aliphatic heterocycles. The minimum absolute atomic E-state index is 0.0342. The lowest BCUT2D eigenvalue weighted by atomic mass is 9.48. The topological polar surface area (TPSA) is 93.1 Å². The lowest BCUT2D eigenvalue weighted by Crippen LogP contribution is -2.81. The highest BCUT2D eigenvalue weighted by molar-refractivity contribution is 6.42. The Bertz CT molecular complexity index is 1330. The molecule has 9 heteroatoms. The van der Waals surface area contributed by atoms with Crippen LogP contribution in [-0.4, -0.2) is 69.6 Å². The summed E-state index contributed by atoms with van der Waals surface area (Å²) in [6.45, 7) is 0.947. The van der Waals surface area contributed by atoms with Crippen LogP contribution in [0.4, 0.5) is 0 Å². The van der Waals surface area contributed by atoms with E-state index in [4.69, 9.17) is 27.9 Å². The molecule has 1 amide bonds. The smallest absolute Gasteiger partial charge is 0.254 e. The number of quaternary nitrogens is 1. The van der Waals surface area contributed by atoms with Crippen LogP contribution in [0.25, 0.3) is 0 Å². The van der Waals surface area contributed by atoms with Crippen molar-refractivity contribution in [2.45, 2.75) is 67.7 Å². The Morgan fingerprint density at radius 2 is 1.97 bits per heavy atom. The van der Waals surface area contributed by atoms with Crippen molar-refractivity contribution in [3.63, 3.8) is 0 Å². The summed E-state index contributed by atoms with van der Waals surface area (Å²) in [5.41, 5.74) is 0.0956. The van der Waals surface area contributed by atoms with Crippen LogP contribution in [-0.2, 0) is 11.8 Å². The molecule has 2 aromatic rings. The van der Waals surface area contributed by atoms with Crippen molar-refractivity contribution in [1.82, 2.24) is 4.90 Å². The molecule has 0 aromatic heterocycles. The minimum Gasteiger partial charge on any atom is -0.632 e. The minimum atomic E-state index is -1.28. The van der Waals surface area contributed by atoms with E-state index in [0.29, 0.717) is 66.0 Å². The summed E-state index contributed by atoms with van der Waals surface area (Å²) >= 11 is 12.3.